The molecule has 0 aromatic heterocycles. The summed E-state index contributed by atoms with van der Waals surface area (Å²) in [5.41, 5.74) is 2.99. The predicted octanol–water partition coefficient (Wildman–Crippen LogP) is 5.36. The summed E-state index contributed by atoms with van der Waals surface area (Å²) < 4.78 is 5.61. The van der Waals surface area contributed by atoms with E-state index in [1.165, 1.54) is 6.07 Å². The standard InChI is InChI=1S/C25H31ClO4/c1-3-18(14-20-11-12-21(27)15-23(20)26)10-13-24(28)22(4-2)25(29)17-30-16-19-8-6-5-7-9-19/h4-9,11-12,14-15,22,24-25,27-29H,2-3,10,13,16-17H2,1H3/b18-14+/t22-,24-,25-/m1/s1. The zero-order chi connectivity index (χ0) is 21.9. The number of benzene rings is 2. The van der Waals surface area contributed by atoms with Gasteiger partial charge in [0, 0.05) is 5.92 Å². The maximum absolute atomic E-state index is 10.6. The van der Waals surface area contributed by atoms with E-state index in [-0.39, 0.29) is 12.4 Å². The van der Waals surface area contributed by atoms with Gasteiger partial charge in [-0.1, -0.05) is 66.6 Å². The van der Waals surface area contributed by atoms with Crippen LogP contribution >= 0.6 is 11.6 Å². The van der Waals surface area contributed by atoms with Crippen LogP contribution in [-0.4, -0.2) is 34.1 Å². The second-order valence-electron chi connectivity index (χ2n) is 7.35. The van der Waals surface area contributed by atoms with Crippen molar-refractivity contribution >= 4 is 17.7 Å². The Bertz CT molecular complexity index is 819. The molecule has 0 saturated heterocycles. The van der Waals surface area contributed by atoms with Gasteiger partial charge >= 0.3 is 0 Å². The molecular formula is C25H31ClO4. The van der Waals surface area contributed by atoms with E-state index < -0.39 is 18.1 Å². The summed E-state index contributed by atoms with van der Waals surface area (Å²) in [6, 6.07) is 14.6. The van der Waals surface area contributed by atoms with E-state index in [9.17, 15) is 15.3 Å². The maximum atomic E-state index is 10.6. The molecule has 3 N–H and O–H groups in total. The van der Waals surface area contributed by atoms with Crippen LogP contribution in [0, 0.1) is 5.92 Å². The molecule has 0 heterocycles. The van der Waals surface area contributed by atoms with Crippen molar-refractivity contribution in [3.8, 4) is 5.75 Å². The van der Waals surface area contributed by atoms with Crippen molar-refractivity contribution in [1.29, 1.82) is 0 Å². The molecule has 4 nitrogen and oxygen atoms in total. The van der Waals surface area contributed by atoms with Crippen LogP contribution in [0.5, 0.6) is 5.75 Å². The molecule has 0 unspecified atom stereocenters. The van der Waals surface area contributed by atoms with Crippen molar-refractivity contribution in [2.45, 2.75) is 45.0 Å². The number of phenols is 1. The minimum atomic E-state index is -0.832. The first-order valence-electron chi connectivity index (χ1n) is 10.2. The second-order valence-corrected chi connectivity index (χ2v) is 7.76. The zero-order valence-electron chi connectivity index (χ0n) is 17.4. The van der Waals surface area contributed by atoms with E-state index in [1.54, 1.807) is 18.2 Å². The van der Waals surface area contributed by atoms with Gasteiger partial charge in [-0.3, -0.25) is 0 Å². The van der Waals surface area contributed by atoms with Gasteiger partial charge in [-0.25, -0.2) is 0 Å². The summed E-state index contributed by atoms with van der Waals surface area (Å²) in [5, 5.41) is 31.1. The molecule has 2 aromatic rings. The first kappa shape index (κ1) is 24.2. The van der Waals surface area contributed by atoms with Crippen LogP contribution < -0.4 is 0 Å². The Morgan fingerprint density at radius 1 is 1.13 bits per heavy atom. The maximum Gasteiger partial charge on any atom is 0.117 e. The zero-order valence-corrected chi connectivity index (χ0v) is 18.1. The molecule has 5 heteroatoms. The lowest BCUT2D eigenvalue weighted by molar-refractivity contribution is -0.0273. The highest BCUT2D eigenvalue weighted by Crippen LogP contribution is 2.26. The molecule has 0 spiro atoms. The van der Waals surface area contributed by atoms with Gasteiger partial charge in [0.2, 0.25) is 0 Å². The molecule has 2 rings (SSSR count). The van der Waals surface area contributed by atoms with E-state index in [2.05, 4.69) is 6.58 Å². The summed E-state index contributed by atoms with van der Waals surface area (Å²) in [6.07, 6.45) is 3.97. The molecule has 0 radical (unpaired) electrons. The Kier molecular flexibility index (Phi) is 10.1. The summed E-state index contributed by atoms with van der Waals surface area (Å²) >= 11 is 6.19. The van der Waals surface area contributed by atoms with Gasteiger partial charge < -0.3 is 20.1 Å². The van der Waals surface area contributed by atoms with Crippen LogP contribution in [0.2, 0.25) is 5.02 Å². The van der Waals surface area contributed by atoms with E-state index in [1.807, 2.05) is 43.3 Å². The quantitative estimate of drug-likeness (QED) is 0.396. The number of rotatable bonds is 12. The van der Waals surface area contributed by atoms with Crippen LogP contribution in [0.25, 0.3) is 6.08 Å². The van der Waals surface area contributed by atoms with Gasteiger partial charge in [-0.15, -0.1) is 6.58 Å². The molecule has 162 valence electrons. The predicted molar refractivity (Wildman–Crippen MR) is 122 cm³/mol. The number of aliphatic hydroxyl groups excluding tert-OH is 2. The van der Waals surface area contributed by atoms with Crippen molar-refractivity contribution in [3.05, 3.63) is 82.9 Å². The lowest BCUT2D eigenvalue weighted by atomic mass is 9.91. The van der Waals surface area contributed by atoms with E-state index in [4.69, 9.17) is 16.3 Å². The molecule has 0 amide bonds. The number of ether oxygens (including phenoxy) is 1. The molecular weight excluding hydrogens is 400 g/mol. The topological polar surface area (TPSA) is 69.9 Å². The average molecular weight is 431 g/mol. The third kappa shape index (κ3) is 7.62. The highest BCUT2D eigenvalue weighted by atomic mass is 35.5. The lowest BCUT2D eigenvalue weighted by Crippen LogP contribution is -2.33. The van der Waals surface area contributed by atoms with Crippen molar-refractivity contribution in [1.82, 2.24) is 0 Å². The van der Waals surface area contributed by atoms with Crippen LogP contribution in [0.15, 0.2) is 66.8 Å². The summed E-state index contributed by atoms with van der Waals surface area (Å²) in [5.74, 6) is -0.348. The Balaban J connectivity index is 1.88. The summed E-state index contributed by atoms with van der Waals surface area (Å²) in [7, 11) is 0. The third-order valence-electron chi connectivity index (χ3n) is 5.12. The van der Waals surface area contributed by atoms with Gasteiger partial charge in [-0.2, -0.15) is 0 Å². The van der Waals surface area contributed by atoms with Crippen LogP contribution in [0.4, 0.5) is 0 Å². The summed E-state index contributed by atoms with van der Waals surface area (Å²) in [6.45, 7) is 6.36. The van der Waals surface area contributed by atoms with Crippen molar-refractivity contribution in [2.75, 3.05) is 6.61 Å². The molecule has 0 aliphatic rings. The smallest absolute Gasteiger partial charge is 0.117 e. The van der Waals surface area contributed by atoms with Gasteiger partial charge in [0.05, 0.1) is 30.4 Å². The second kappa shape index (κ2) is 12.6. The van der Waals surface area contributed by atoms with Crippen molar-refractivity contribution in [3.63, 3.8) is 0 Å². The van der Waals surface area contributed by atoms with E-state index >= 15 is 0 Å². The Labute approximate surface area is 184 Å². The minimum Gasteiger partial charge on any atom is -0.508 e. The number of phenolic OH excluding ortho intramolecular Hbond substituents is 1. The largest absolute Gasteiger partial charge is 0.508 e. The number of hydrogen-bond acceptors (Lipinski definition) is 4. The van der Waals surface area contributed by atoms with Crippen LogP contribution in [0.3, 0.4) is 0 Å². The SMILES string of the molecule is C=C[C@H]([C@H](O)CC/C(=C/c1ccc(O)cc1Cl)CC)[C@H](O)COCc1ccccc1. The average Bonchev–Trinajstić information content (AvgIpc) is 2.74. The Morgan fingerprint density at radius 2 is 1.87 bits per heavy atom. The Hall–Kier alpha value is -2.11. The monoisotopic (exact) mass is 430 g/mol. The molecule has 30 heavy (non-hydrogen) atoms. The first-order valence-corrected chi connectivity index (χ1v) is 10.6. The minimum absolute atomic E-state index is 0.127. The number of aromatic hydroxyl groups is 1. The number of halogens is 1. The fraction of sp³-hybridized carbons (Fsp3) is 0.360. The molecule has 0 aliphatic carbocycles. The van der Waals surface area contributed by atoms with Gasteiger partial charge in [-0.05, 0) is 48.6 Å². The highest BCUT2D eigenvalue weighted by molar-refractivity contribution is 6.32. The molecule has 0 saturated carbocycles. The Morgan fingerprint density at radius 3 is 2.50 bits per heavy atom. The van der Waals surface area contributed by atoms with Crippen molar-refractivity contribution in [2.24, 2.45) is 5.92 Å². The fourth-order valence-corrected chi connectivity index (χ4v) is 3.51. The molecule has 3 atom stereocenters. The van der Waals surface area contributed by atoms with Gasteiger partial charge in [0.15, 0.2) is 0 Å². The highest BCUT2D eigenvalue weighted by Gasteiger charge is 2.24. The number of hydrogen-bond donors (Lipinski definition) is 3. The first-order chi connectivity index (χ1) is 14.4. The fourth-order valence-electron chi connectivity index (χ4n) is 3.28. The molecule has 0 fully saturated rings. The molecule has 0 bridgehead atoms. The summed E-state index contributed by atoms with van der Waals surface area (Å²) in [4.78, 5) is 0. The molecule has 0 aliphatic heterocycles. The van der Waals surface area contributed by atoms with Crippen LogP contribution in [-0.2, 0) is 11.3 Å². The van der Waals surface area contributed by atoms with E-state index in [0.717, 1.165) is 23.1 Å². The van der Waals surface area contributed by atoms with Gasteiger partial charge in [0.1, 0.15) is 5.75 Å². The normalized spacial score (nSPS) is 14.9. The molecule has 2 aromatic carbocycles. The lowest BCUT2D eigenvalue weighted by Gasteiger charge is -2.25. The third-order valence-corrected chi connectivity index (χ3v) is 5.45. The van der Waals surface area contributed by atoms with Crippen LogP contribution in [0.1, 0.15) is 37.3 Å². The van der Waals surface area contributed by atoms with Gasteiger partial charge in [0.25, 0.3) is 0 Å². The number of allylic oxidation sites excluding steroid dienone is 1. The van der Waals surface area contributed by atoms with Crippen molar-refractivity contribution < 1.29 is 20.1 Å². The number of aliphatic hydroxyl groups is 2. The van der Waals surface area contributed by atoms with E-state index in [0.29, 0.717) is 24.5 Å².